The highest BCUT2D eigenvalue weighted by Gasteiger charge is 2.39. The molecule has 1 aromatic heterocycles. The summed E-state index contributed by atoms with van der Waals surface area (Å²) in [5.41, 5.74) is 4.66. The lowest BCUT2D eigenvalue weighted by Crippen LogP contribution is -2.27. The van der Waals surface area contributed by atoms with E-state index in [-0.39, 0.29) is 6.54 Å². The minimum Gasteiger partial charge on any atom is -0.469 e. The highest BCUT2D eigenvalue weighted by Crippen LogP contribution is 2.39. The number of aryl methyl sites for hydroxylation is 1. The highest BCUT2D eigenvalue weighted by atomic mass is 19.1. The third-order valence-corrected chi connectivity index (χ3v) is 2.30. The molecule has 0 fully saturated rings. The largest absolute Gasteiger partial charge is 0.469 e. The van der Waals surface area contributed by atoms with Gasteiger partial charge in [-0.1, -0.05) is 0 Å². The maximum atomic E-state index is 13.7. The molecule has 0 bridgehead atoms. The second-order valence-electron chi connectivity index (χ2n) is 2.93. The minimum absolute atomic E-state index is 0.0551. The SMILES string of the molecule is NCC1(F)CCc2occc21. The van der Waals surface area contributed by atoms with Crippen molar-refractivity contribution in [1.29, 1.82) is 0 Å². The lowest BCUT2D eigenvalue weighted by molar-refractivity contribution is 0.177. The Hall–Kier alpha value is -0.830. The van der Waals surface area contributed by atoms with E-state index in [0.717, 1.165) is 5.76 Å². The smallest absolute Gasteiger partial charge is 0.151 e. The van der Waals surface area contributed by atoms with Crippen LogP contribution in [0.25, 0.3) is 0 Å². The van der Waals surface area contributed by atoms with E-state index in [2.05, 4.69) is 0 Å². The molecule has 2 nitrogen and oxygen atoms in total. The van der Waals surface area contributed by atoms with Gasteiger partial charge >= 0.3 is 0 Å². The molecule has 0 saturated heterocycles. The maximum absolute atomic E-state index is 13.7. The second kappa shape index (κ2) is 2.08. The van der Waals surface area contributed by atoms with Crippen LogP contribution < -0.4 is 5.73 Å². The number of hydrogen-bond acceptors (Lipinski definition) is 2. The molecule has 2 N–H and O–H groups in total. The summed E-state index contributed by atoms with van der Waals surface area (Å²) >= 11 is 0. The van der Waals surface area contributed by atoms with Gasteiger partial charge in [-0.25, -0.2) is 4.39 Å². The molecular weight excluding hydrogens is 145 g/mol. The molecule has 1 aliphatic carbocycles. The molecule has 0 radical (unpaired) electrons. The number of alkyl halides is 1. The molecule has 1 unspecified atom stereocenters. The lowest BCUT2D eigenvalue weighted by atomic mass is 10.0. The van der Waals surface area contributed by atoms with E-state index in [1.807, 2.05) is 0 Å². The van der Waals surface area contributed by atoms with E-state index in [0.29, 0.717) is 18.4 Å². The summed E-state index contributed by atoms with van der Waals surface area (Å²) in [5.74, 6) is 0.762. The number of furan rings is 1. The zero-order valence-corrected chi connectivity index (χ0v) is 6.14. The first-order valence-electron chi connectivity index (χ1n) is 3.72. The average molecular weight is 155 g/mol. The fraction of sp³-hybridized carbons (Fsp3) is 0.500. The third-order valence-electron chi connectivity index (χ3n) is 2.30. The summed E-state index contributed by atoms with van der Waals surface area (Å²) < 4.78 is 18.8. The fourth-order valence-electron chi connectivity index (χ4n) is 1.59. The molecule has 0 aliphatic heterocycles. The Morgan fingerprint density at radius 2 is 2.55 bits per heavy atom. The average Bonchev–Trinajstić information content (AvgIpc) is 2.55. The van der Waals surface area contributed by atoms with E-state index >= 15 is 0 Å². The molecule has 3 heteroatoms. The van der Waals surface area contributed by atoms with Crippen LogP contribution in [0.2, 0.25) is 0 Å². The van der Waals surface area contributed by atoms with Gasteiger partial charge in [-0.05, 0) is 12.5 Å². The first-order chi connectivity index (χ1) is 5.26. The summed E-state index contributed by atoms with van der Waals surface area (Å²) in [7, 11) is 0. The summed E-state index contributed by atoms with van der Waals surface area (Å²) in [6.07, 6.45) is 2.67. The van der Waals surface area contributed by atoms with Gasteiger partial charge in [0.15, 0.2) is 5.67 Å². The number of hydrogen-bond donors (Lipinski definition) is 1. The van der Waals surface area contributed by atoms with Crippen LogP contribution in [0.3, 0.4) is 0 Å². The van der Waals surface area contributed by atoms with Crippen LogP contribution >= 0.6 is 0 Å². The number of fused-ring (bicyclic) bond motifs is 1. The quantitative estimate of drug-likeness (QED) is 0.664. The van der Waals surface area contributed by atoms with Gasteiger partial charge in [0, 0.05) is 18.5 Å². The third kappa shape index (κ3) is 0.807. The highest BCUT2D eigenvalue weighted by molar-refractivity contribution is 5.30. The summed E-state index contributed by atoms with van der Waals surface area (Å²) in [4.78, 5) is 0. The van der Waals surface area contributed by atoms with Crippen LogP contribution in [0.5, 0.6) is 0 Å². The van der Waals surface area contributed by atoms with Crippen LogP contribution in [0, 0.1) is 0 Å². The predicted octanol–water partition coefficient (Wildman–Crippen LogP) is 1.35. The van der Waals surface area contributed by atoms with Crippen molar-refractivity contribution >= 4 is 0 Å². The molecule has 0 aromatic carbocycles. The predicted molar refractivity (Wildman–Crippen MR) is 38.9 cm³/mol. The van der Waals surface area contributed by atoms with Crippen molar-refractivity contribution in [3.8, 4) is 0 Å². The van der Waals surface area contributed by atoms with Gasteiger partial charge in [0.1, 0.15) is 5.76 Å². The van der Waals surface area contributed by atoms with E-state index in [1.54, 1.807) is 6.07 Å². The lowest BCUT2D eigenvalue weighted by Gasteiger charge is -2.15. The summed E-state index contributed by atoms with van der Waals surface area (Å²) in [6, 6.07) is 1.68. The molecule has 2 rings (SSSR count). The normalized spacial score (nSPS) is 28.9. The molecule has 1 aromatic rings. The van der Waals surface area contributed by atoms with Crippen molar-refractivity contribution in [2.75, 3.05) is 6.54 Å². The Labute approximate surface area is 64.2 Å². The maximum Gasteiger partial charge on any atom is 0.151 e. The van der Waals surface area contributed by atoms with Crippen LogP contribution in [-0.2, 0) is 12.1 Å². The number of halogens is 1. The van der Waals surface area contributed by atoms with Gasteiger partial charge < -0.3 is 10.2 Å². The Morgan fingerprint density at radius 1 is 1.73 bits per heavy atom. The number of rotatable bonds is 1. The van der Waals surface area contributed by atoms with Crippen LogP contribution in [-0.4, -0.2) is 6.54 Å². The molecule has 0 amide bonds. The van der Waals surface area contributed by atoms with Crippen molar-refractivity contribution in [3.63, 3.8) is 0 Å². The van der Waals surface area contributed by atoms with Gasteiger partial charge in [-0.15, -0.1) is 0 Å². The molecule has 60 valence electrons. The van der Waals surface area contributed by atoms with E-state index < -0.39 is 5.67 Å². The van der Waals surface area contributed by atoms with Crippen LogP contribution in [0.1, 0.15) is 17.7 Å². The van der Waals surface area contributed by atoms with E-state index in [9.17, 15) is 4.39 Å². The first-order valence-corrected chi connectivity index (χ1v) is 3.72. The van der Waals surface area contributed by atoms with Crippen molar-refractivity contribution < 1.29 is 8.81 Å². The molecule has 1 heterocycles. The topological polar surface area (TPSA) is 39.2 Å². The van der Waals surface area contributed by atoms with E-state index in [1.165, 1.54) is 6.26 Å². The molecular formula is C8H10FNO. The zero-order valence-electron chi connectivity index (χ0n) is 6.14. The molecule has 1 aliphatic rings. The van der Waals surface area contributed by atoms with Crippen molar-refractivity contribution in [3.05, 3.63) is 23.7 Å². The van der Waals surface area contributed by atoms with Crippen molar-refractivity contribution in [1.82, 2.24) is 0 Å². The first kappa shape index (κ1) is 6.85. The molecule has 0 spiro atoms. The van der Waals surface area contributed by atoms with Gasteiger partial charge in [0.05, 0.1) is 6.26 Å². The van der Waals surface area contributed by atoms with E-state index in [4.69, 9.17) is 10.2 Å². The van der Waals surface area contributed by atoms with Gasteiger partial charge in [-0.3, -0.25) is 0 Å². The Balaban J connectivity index is 2.45. The second-order valence-corrected chi connectivity index (χ2v) is 2.93. The Bertz CT molecular complexity index is 271. The summed E-state index contributed by atoms with van der Waals surface area (Å²) in [5, 5.41) is 0. The van der Waals surface area contributed by atoms with Crippen LogP contribution in [0.4, 0.5) is 4.39 Å². The fourth-order valence-corrected chi connectivity index (χ4v) is 1.59. The van der Waals surface area contributed by atoms with Gasteiger partial charge in [0.2, 0.25) is 0 Å². The van der Waals surface area contributed by atoms with Gasteiger partial charge in [-0.2, -0.15) is 0 Å². The molecule has 11 heavy (non-hydrogen) atoms. The van der Waals surface area contributed by atoms with Gasteiger partial charge in [0.25, 0.3) is 0 Å². The minimum atomic E-state index is -1.32. The number of nitrogens with two attached hydrogens (primary N) is 1. The van der Waals surface area contributed by atoms with Crippen LogP contribution in [0.15, 0.2) is 16.7 Å². The zero-order chi connectivity index (χ0) is 7.90. The standard InChI is InChI=1S/C8H10FNO/c9-8(5-10)3-1-7-6(8)2-4-11-7/h2,4H,1,3,5,10H2. The summed E-state index contributed by atoms with van der Waals surface area (Å²) in [6.45, 7) is 0.0551. The Morgan fingerprint density at radius 3 is 3.27 bits per heavy atom. The molecule has 0 saturated carbocycles. The van der Waals surface area contributed by atoms with Crippen molar-refractivity contribution in [2.24, 2.45) is 5.73 Å². The monoisotopic (exact) mass is 155 g/mol. The van der Waals surface area contributed by atoms with Crippen molar-refractivity contribution in [2.45, 2.75) is 18.5 Å². The Kier molecular flexibility index (Phi) is 1.29. The molecule has 1 atom stereocenters.